The third-order valence-corrected chi connectivity index (χ3v) is 4.10. The van der Waals surface area contributed by atoms with Gasteiger partial charge in [-0.1, -0.05) is 18.2 Å². The number of nitro groups is 1. The van der Waals surface area contributed by atoms with E-state index in [1.807, 2.05) is 18.2 Å². The highest BCUT2D eigenvalue weighted by atomic mass is 16.6. The summed E-state index contributed by atoms with van der Waals surface area (Å²) in [5, 5.41) is 13.3. The predicted molar refractivity (Wildman–Crippen MR) is 99.4 cm³/mol. The van der Waals surface area contributed by atoms with Gasteiger partial charge in [-0.2, -0.15) is 0 Å². The molecule has 8 heteroatoms. The first kappa shape index (κ1) is 18.1. The number of hydrogen-bond donors (Lipinski definition) is 1. The van der Waals surface area contributed by atoms with Crippen molar-refractivity contribution in [2.24, 2.45) is 0 Å². The van der Waals surface area contributed by atoms with Gasteiger partial charge >= 0.3 is 0 Å². The van der Waals surface area contributed by atoms with Crippen molar-refractivity contribution in [1.82, 2.24) is 9.97 Å². The van der Waals surface area contributed by atoms with Crippen molar-refractivity contribution < 1.29 is 14.5 Å². The number of aromatic nitrogens is 2. The summed E-state index contributed by atoms with van der Waals surface area (Å²) in [5.41, 5.74) is 3.02. The number of ketones is 1. The Balaban J connectivity index is 1.79. The van der Waals surface area contributed by atoms with Crippen LogP contribution >= 0.6 is 0 Å². The molecule has 0 radical (unpaired) electrons. The molecule has 0 saturated carbocycles. The van der Waals surface area contributed by atoms with Crippen LogP contribution in [-0.4, -0.2) is 26.6 Å². The number of nitrogens with one attached hydrogen (secondary N) is 1. The Kier molecular flexibility index (Phi) is 4.89. The number of amides is 1. The smallest absolute Gasteiger partial charge is 0.292 e. The Hall–Kier alpha value is -3.68. The van der Waals surface area contributed by atoms with Gasteiger partial charge in [-0.25, -0.2) is 9.97 Å². The first-order valence-corrected chi connectivity index (χ1v) is 8.16. The zero-order chi connectivity index (χ0) is 19.6. The van der Waals surface area contributed by atoms with Crippen molar-refractivity contribution in [3.05, 3.63) is 69.5 Å². The van der Waals surface area contributed by atoms with Crippen LogP contribution in [0, 0.1) is 24.0 Å². The number of fused-ring (bicyclic) bond motifs is 1. The van der Waals surface area contributed by atoms with E-state index in [1.54, 1.807) is 19.9 Å². The van der Waals surface area contributed by atoms with Crippen LogP contribution in [0.15, 0.2) is 42.5 Å². The predicted octanol–water partition coefficient (Wildman–Crippen LogP) is 2.91. The molecule has 136 valence electrons. The van der Waals surface area contributed by atoms with Gasteiger partial charge in [-0.05, 0) is 31.5 Å². The molecule has 0 fully saturated rings. The van der Waals surface area contributed by atoms with Crippen LogP contribution in [0.4, 0.5) is 11.4 Å². The Morgan fingerprint density at radius 2 is 1.74 bits per heavy atom. The molecule has 0 atom stereocenters. The number of non-ortho nitro benzene ring substituents is 1. The van der Waals surface area contributed by atoms with Gasteiger partial charge in [0.25, 0.3) is 11.6 Å². The van der Waals surface area contributed by atoms with E-state index in [9.17, 15) is 19.7 Å². The monoisotopic (exact) mass is 364 g/mol. The van der Waals surface area contributed by atoms with Crippen LogP contribution in [-0.2, 0) is 16.0 Å². The molecule has 3 aromatic rings. The normalized spacial score (nSPS) is 10.6. The average molecular weight is 364 g/mol. The van der Waals surface area contributed by atoms with Gasteiger partial charge in [0.15, 0.2) is 0 Å². The van der Waals surface area contributed by atoms with E-state index in [0.717, 1.165) is 0 Å². The van der Waals surface area contributed by atoms with Crippen LogP contribution in [0.3, 0.4) is 0 Å². The molecule has 1 heterocycles. The Bertz CT molecular complexity index is 1080. The molecule has 0 aliphatic carbocycles. The summed E-state index contributed by atoms with van der Waals surface area (Å²) >= 11 is 0. The first-order chi connectivity index (χ1) is 12.8. The zero-order valence-electron chi connectivity index (χ0n) is 14.7. The molecule has 3 rings (SSSR count). The van der Waals surface area contributed by atoms with E-state index < -0.39 is 16.6 Å². The van der Waals surface area contributed by atoms with Crippen LogP contribution in [0.25, 0.3) is 11.0 Å². The summed E-state index contributed by atoms with van der Waals surface area (Å²) in [5.74, 6) is -1.55. The fraction of sp³-hybridized carbons (Fsp3) is 0.158. The molecule has 0 aliphatic rings. The summed E-state index contributed by atoms with van der Waals surface area (Å²) < 4.78 is 0. The number of carbonyl (C=O) groups excluding carboxylic acids is 2. The third-order valence-electron chi connectivity index (χ3n) is 4.10. The highest BCUT2D eigenvalue weighted by molar-refractivity contribution is 6.41. The molecule has 8 nitrogen and oxygen atoms in total. The minimum absolute atomic E-state index is 0.167. The van der Waals surface area contributed by atoms with Crippen molar-refractivity contribution in [3.63, 3.8) is 0 Å². The Labute approximate surface area is 154 Å². The molecule has 0 spiro atoms. The molecule has 1 N–H and O–H groups in total. The summed E-state index contributed by atoms with van der Waals surface area (Å²) in [6, 6.07) is 11.3. The lowest BCUT2D eigenvalue weighted by molar-refractivity contribution is -0.384. The molecule has 1 aromatic heterocycles. The minimum Gasteiger partial charge on any atom is -0.319 e. The number of nitrogens with zero attached hydrogens (tertiary/aromatic N) is 3. The van der Waals surface area contributed by atoms with E-state index in [1.165, 1.54) is 18.2 Å². The summed E-state index contributed by atoms with van der Waals surface area (Å²) in [7, 11) is 0. The molecule has 0 saturated heterocycles. The van der Waals surface area contributed by atoms with E-state index >= 15 is 0 Å². The van der Waals surface area contributed by atoms with Crippen LogP contribution < -0.4 is 5.32 Å². The van der Waals surface area contributed by atoms with E-state index in [0.29, 0.717) is 28.0 Å². The number of Topliss-reactive ketones (excluding diaryl/α,β-unsaturated/α-hetero) is 1. The van der Waals surface area contributed by atoms with Gasteiger partial charge in [-0.3, -0.25) is 19.7 Å². The van der Waals surface area contributed by atoms with Crippen LogP contribution in [0.5, 0.6) is 0 Å². The van der Waals surface area contributed by atoms with Gasteiger partial charge in [0.05, 0.1) is 39.5 Å². The summed E-state index contributed by atoms with van der Waals surface area (Å²) in [6.07, 6.45) is -0.205. The van der Waals surface area contributed by atoms with Crippen molar-refractivity contribution >= 4 is 34.1 Å². The maximum atomic E-state index is 12.3. The van der Waals surface area contributed by atoms with Gasteiger partial charge in [0, 0.05) is 12.1 Å². The average Bonchev–Trinajstić information content (AvgIpc) is 2.63. The van der Waals surface area contributed by atoms with Crippen LogP contribution in [0.1, 0.15) is 17.0 Å². The fourth-order valence-electron chi connectivity index (χ4n) is 2.57. The minimum atomic E-state index is -0.854. The molecule has 2 aromatic carbocycles. The lowest BCUT2D eigenvalue weighted by atomic mass is 10.1. The van der Waals surface area contributed by atoms with Gasteiger partial charge in [-0.15, -0.1) is 0 Å². The second-order valence-electron chi connectivity index (χ2n) is 6.05. The van der Waals surface area contributed by atoms with E-state index in [2.05, 4.69) is 15.3 Å². The van der Waals surface area contributed by atoms with Crippen molar-refractivity contribution in [2.45, 2.75) is 20.3 Å². The van der Waals surface area contributed by atoms with Crippen LogP contribution in [0.2, 0.25) is 0 Å². The molecular weight excluding hydrogens is 348 g/mol. The fourth-order valence-corrected chi connectivity index (χ4v) is 2.57. The molecule has 27 heavy (non-hydrogen) atoms. The Morgan fingerprint density at radius 3 is 2.41 bits per heavy atom. The van der Waals surface area contributed by atoms with Gasteiger partial charge in [0.1, 0.15) is 0 Å². The summed E-state index contributed by atoms with van der Waals surface area (Å²) in [4.78, 5) is 43.7. The number of para-hydroxylation sites is 2. The van der Waals surface area contributed by atoms with Gasteiger partial charge < -0.3 is 5.32 Å². The number of anilines is 1. The van der Waals surface area contributed by atoms with Crippen molar-refractivity contribution in [3.8, 4) is 0 Å². The second kappa shape index (κ2) is 7.28. The maximum absolute atomic E-state index is 12.3. The number of hydrogen-bond acceptors (Lipinski definition) is 6. The number of carbonyl (C=O) groups is 2. The SMILES string of the molecule is Cc1ccc([N+](=O)[O-])cc1NC(=O)C(=O)Cc1nc2ccccc2nc1C. The molecule has 0 bridgehead atoms. The molecule has 0 unspecified atom stereocenters. The Morgan fingerprint density at radius 1 is 1.07 bits per heavy atom. The van der Waals surface area contributed by atoms with Crippen molar-refractivity contribution in [2.75, 3.05) is 5.32 Å². The number of benzene rings is 2. The molecular formula is C19H16N4O4. The first-order valence-electron chi connectivity index (χ1n) is 8.16. The van der Waals surface area contributed by atoms with Gasteiger partial charge in [0.2, 0.25) is 5.78 Å². The number of rotatable bonds is 5. The molecule has 1 amide bonds. The zero-order valence-corrected chi connectivity index (χ0v) is 14.7. The summed E-state index contributed by atoms with van der Waals surface area (Å²) in [6.45, 7) is 3.41. The highest BCUT2D eigenvalue weighted by Crippen LogP contribution is 2.22. The standard InChI is InChI=1S/C19H16N4O4/c1-11-7-8-13(23(26)27)9-16(11)22-19(25)18(24)10-17-12(2)20-14-5-3-4-6-15(14)21-17/h3-9H,10H2,1-2H3,(H,22,25). The lowest BCUT2D eigenvalue weighted by Gasteiger charge is -2.09. The quantitative estimate of drug-likeness (QED) is 0.423. The third kappa shape index (κ3) is 3.95. The topological polar surface area (TPSA) is 115 Å². The highest BCUT2D eigenvalue weighted by Gasteiger charge is 2.19. The maximum Gasteiger partial charge on any atom is 0.292 e. The number of nitro benzene ring substituents is 1. The largest absolute Gasteiger partial charge is 0.319 e. The van der Waals surface area contributed by atoms with E-state index in [-0.39, 0.29) is 17.8 Å². The lowest BCUT2D eigenvalue weighted by Crippen LogP contribution is -2.25. The molecule has 0 aliphatic heterocycles. The van der Waals surface area contributed by atoms with E-state index in [4.69, 9.17) is 0 Å². The van der Waals surface area contributed by atoms with Crippen molar-refractivity contribution in [1.29, 1.82) is 0 Å². The second-order valence-corrected chi connectivity index (χ2v) is 6.05. The number of aryl methyl sites for hydroxylation is 2.